The molecule has 32 valence electrons. The minimum Gasteiger partial charge on any atom is -0.108 e. The SMILES string of the molecule is CC=S(S)S. The second kappa shape index (κ2) is 3.12. The fraction of sp³-hybridized carbons (Fsp3) is 0.500. The molecule has 0 aliphatic carbocycles. The third-order valence-electron chi connectivity index (χ3n) is 0.211. The van der Waals surface area contributed by atoms with Crippen LogP contribution >= 0.6 is 31.9 Å². The summed E-state index contributed by atoms with van der Waals surface area (Å²) in [5.74, 6) is 0. The first-order valence-electron chi connectivity index (χ1n) is 1.18. The number of rotatable bonds is 0. The average Bonchev–Trinajstić information content (AvgIpc) is 1.38. The molecule has 0 atom stereocenters. The Morgan fingerprint density at radius 1 is 1.60 bits per heavy atom. The van der Waals surface area contributed by atoms with Gasteiger partial charge >= 0.3 is 0 Å². The molecule has 0 aliphatic rings. The zero-order valence-corrected chi connectivity index (χ0v) is 5.49. The molecule has 0 rings (SSSR count). The van der Waals surface area contributed by atoms with Crippen LogP contribution in [-0.4, -0.2) is 5.37 Å². The zero-order chi connectivity index (χ0) is 4.28. The normalized spacial score (nSPS) is 8.80. The summed E-state index contributed by atoms with van der Waals surface area (Å²) in [6.07, 6.45) is 0. The van der Waals surface area contributed by atoms with Crippen LogP contribution in [0.5, 0.6) is 0 Å². The van der Waals surface area contributed by atoms with Crippen LogP contribution in [0.4, 0.5) is 0 Å². The Bertz CT molecular complexity index is 42.9. The lowest BCUT2D eigenvalue weighted by Gasteiger charge is -1.75. The Labute approximate surface area is 44.5 Å². The van der Waals surface area contributed by atoms with Crippen molar-refractivity contribution in [2.75, 3.05) is 0 Å². The van der Waals surface area contributed by atoms with Crippen LogP contribution in [0.2, 0.25) is 0 Å². The minimum absolute atomic E-state index is 0.0586. The van der Waals surface area contributed by atoms with Crippen LogP contribution < -0.4 is 0 Å². The van der Waals surface area contributed by atoms with Gasteiger partial charge < -0.3 is 0 Å². The number of hydrogen-bond acceptors (Lipinski definition) is 2. The molecule has 0 fully saturated rings. The first-order valence-corrected chi connectivity index (χ1v) is 4.57. The summed E-state index contributed by atoms with van der Waals surface area (Å²) >= 11 is 7.87. The van der Waals surface area contributed by atoms with Crippen molar-refractivity contribution in [1.29, 1.82) is 0 Å². The van der Waals surface area contributed by atoms with E-state index in [0.29, 0.717) is 0 Å². The van der Waals surface area contributed by atoms with E-state index in [1.165, 1.54) is 0 Å². The average molecular weight is 126 g/mol. The first-order chi connectivity index (χ1) is 2.27. The summed E-state index contributed by atoms with van der Waals surface area (Å²) < 4.78 is 0. The molecule has 0 aromatic heterocycles. The van der Waals surface area contributed by atoms with Gasteiger partial charge in [0.2, 0.25) is 0 Å². The van der Waals surface area contributed by atoms with Gasteiger partial charge in [-0.15, -0.1) is 23.3 Å². The molecule has 0 heterocycles. The Morgan fingerprint density at radius 2 is 1.80 bits per heavy atom. The first kappa shape index (κ1) is 5.92. The van der Waals surface area contributed by atoms with Gasteiger partial charge in [-0.2, -0.15) is 0 Å². The van der Waals surface area contributed by atoms with E-state index in [1.807, 2.05) is 12.3 Å². The highest BCUT2D eigenvalue weighted by molar-refractivity contribution is 9.07. The van der Waals surface area contributed by atoms with Crippen LogP contribution in [0.3, 0.4) is 0 Å². The summed E-state index contributed by atoms with van der Waals surface area (Å²) in [6.45, 7) is 1.93. The standard InChI is InChI=1S/C2H6S3/c1-2-5(3)4/h2-4H,1H3. The Morgan fingerprint density at radius 3 is 1.80 bits per heavy atom. The van der Waals surface area contributed by atoms with Gasteiger partial charge in [-0.1, -0.05) is 8.55 Å². The van der Waals surface area contributed by atoms with Crippen molar-refractivity contribution >= 4 is 37.2 Å². The maximum Gasteiger partial charge on any atom is -0.0399 e. The van der Waals surface area contributed by atoms with Crippen molar-refractivity contribution in [3.8, 4) is 0 Å². The van der Waals surface area contributed by atoms with Gasteiger partial charge in [-0.25, -0.2) is 0 Å². The Hall–Kier alpha value is 0.920. The molecule has 0 bridgehead atoms. The van der Waals surface area contributed by atoms with Crippen molar-refractivity contribution in [3.63, 3.8) is 0 Å². The Kier molecular flexibility index (Phi) is 3.70. The van der Waals surface area contributed by atoms with Crippen molar-refractivity contribution < 1.29 is 0 Å². The highest BCUT2D eigenvalue weighted by Gasteiger charge is 1.59. The summed E-state index contributed by atoms with van der Waals surface area (Å²) in [4.78, 5) is 0. The van der Waals surface area contributed by atoms with Gasteiger partial charge in [0.1, 0.15) is 0 Å². The summed E-state index contributed by atoms with van der Waals surface area (Å²) in [6, 6.07) is 0. The molecular formula is C2H6S3. The van der Waals surface area contributed by atoms with Crippen LogP contribution in [0, 0.1) is 0 Å². The smallest absolute Gasteiger partial charge is 0.0399 e. The maximum absolute atomic E-state index is 3.93. The van der Waals surface area contributed by atoms with E-state index in [9.17, 15) is 0 Å². The van der Waals surface area contributed by atoms with Gasteiger partial charge in [0, 0.05) is 0 Å². The summed E-state index contributed by atoms with van der Waals surface area (Å²) in [5, 5.41) is 1.92. The van der Waals surface area contributed by atoms with Crippen molar-refractivity contribution in [2.45, 2.75) is 6.92 Å². The van der Waals surface area contributed by atoms with Crippen molar-refractivity contribution in [2.24, 2.45) is 0 Å². The predicted molar refractivity (Wildman–Crippen MR) is 37.3 cm³/mol. The van der Waals surface area contributed by atoms with Gasteiger partial charge in [-0.05, 0) is 12.3 Å². The highest BCUT2D eigenvalue weighted by Crippen LogP contribution is 2.20. The molecule has 0 amide bonds. The fourth-order valence-corrected chi connectivity index (χ4v) is 0. The lowest BCUT2D eigenvalue weighted by molar-refractivity contribution is 2.14. The number of hydrogen-bond donors (Lipinski definition) is 2. The molecule has 0 saturated carbocycles. The molecule has 0 aromatic carbocycles. The van der Waals surface area contributed by atoms with Crippen LogP contribution in [-0.2, 0) is 0 Å². The molecule has 0 radical (unpaired) electrons. The van der Waals surface area contributed by atoms with E-state index >= 15 is 0 Å². The van der Waals surface area contributed by atoms with Crippen molar-refractivity contribution in [3.05, 3.63) is 0 Å². The molecule has 3 heteroatoms. The largest absolute Gasteiger partial charge is 0.108 e. The fourth-order valence-electron chi connectivity index (χ4n) is 0. The lowest BCUT2D eigenvalue weighted by Crippen LogP contribution is -1.40. The summed E-state index contributed by atoms with van der Waals surface area (Å²) in [5.41, 5.74) is 0. The second-order valence-electron chi connectivity index (χ2n) is 0.528. The van der Waals surface area contributed by atoms with Gasteiger partial charge in [0.05, 0.1) is 0 Å². The maximum atomic E-state index is 3.93. The number of thiol groups is 2. The molecule has 0 unspecified atom stereocenters. The van der Waals surface area contributed by atoms with Crippen LogP contribution in [0.15, 0.2) is 0 Å². The zero-order valence-electron chi connectivity index (χ0n) is 2.88. The van der Waals surface area contributed by atoms with E-state index in [4.69, 9.17) is 0 Å². The van der Waals surface area contributed by atoms with E-state index in [1.54, 1.807) is 0 Å². The summed E-state index contributed by atoms with van der Waals surface area (Å²) in [7, 11) is -0.0586. The van der Waals surface area contributed by atoms with Gasteiger partial charge in [-0.3, -0.25) is 0 Å². The van der Waals surface area contributed by atoms with Gasteiger partial charge in [0.25, 0.3) is 0 Å². The van der Waals surface area contributed by atoms with Crippen LogP contribution in [0.25, 0.3) is 0 Å². The van der Waals surface area contributed by atoms with Gasteiger partial charge in [0.15, 0.2) is 0 Å². The minimum atomic E-state index is -0.0586. The van der Waals surface area contributed by atoms with Crippen molar-refractivity contribution in [1.82, 2.24) is 0 Å². The highest BCUT2D eigenvalue weighted by atomic mass is 33.5. The van der Waals surface area contributed by atoms with E-state index in [2.05, 4.69) is 23.3 Å². The molecule has 0 N–H and O–H groups in total. The molecular weight excluding hydrogens is 120 g/mol. The molecule has 0 aromatic rings. The predicted octanol–water partition coefficient (Wildman–Crippen LogP) is 1.77. The molecule has 0 spiro atoms. The quantitative estimate of drug-likeness (QED) is 0.276. The third kappa shape index (κ3) is 4.92. The second-order valence-corrected chi connectivity index (χ2v) is 4.81. The topological polar surface area (TPSA) is 0 Å². The lowest BCUT2D eigenvalue weighted by atomic mass is 11.0. The molecule has 0 nitrogen and oxygen atoms in total. The van der Waals surface area contributed by atoms with E-state index in [0.717, 1.165) is 0 Å². The Balaban J connectivity index is 3.14. The van der Waals surface area contributed by atoms with E-state index in [-0.39, 0.29) is 8.55 Å². The monoisotopic (exact) mass is 126 g/mol. The van der Waals surface area contributed by atoms with E-state index < -0.39 is 0 Å². The molecule has 0 saturated heterocycles. The molecule has 5 heavy (non-hydrogen) atoms. The third-order valence-corrected chi connectivity index (χ3v) is 1.90. The van der Waals surface area contributed by atoms with Crippen LogP contribution in [0.1, 0.15) is 6.92 Å². The molecule has 0 aliphatic heterocycles.